The smallest absolute Gasteiger partial charge is 0.426 e. The number of piperidine rings is 1. The highest BCUT2D eigenvalue weighted by Crippen LogP contribution is 2.48. The molecule has 1 atom stereocenters. The van der Waals surface area contributed by atoms with Crippen molar-refractivity contribution in [1.29, 1.82) is 0 Å². The van der Waals surface area contributed by atoms with Crippen molar-refractivity contribution in [2.75, 3.05) is 45.3 Å². The van der Waals surface area contributed by atoms with Crippen molar-refractivity contribution in [3.63, 3.8) is 0 Å². The van der Waals surface area contributed by atoms with Crippen LogP contribution in [0.2, 0.25) is 0 Å². The summed E-state index contributed by atoms with van der Waals surface area (Å²) in [6, 6.07) is 7.00. The molecule has 1 saturated heterocycles. The molecule has 1 aliphatic heterocycles. The monoisotopic (exact) mass is 574 g/mol. The van der Waals surface area contributed by atoms with Crippen LogP contribution in [0.5, 0.6) is 5.75 Å². The van der Waals surface area contributed by atoms with Crippen LogP contribution in [0.4, 0.5) is 14.9 Å². The van der Waals surface area contributed by atoms with Gasteiger partial charge in [-0.3, -0.25) is 4.90 Å². The molecule has 1 amide bonds. The number of carbonyl (C=O) groups excluding carboxylic acids is 2. The number of rotatable bonds is 9. The number of amides is 1. The van der Waals surface area contributed by atoms with Crippen LogP contribution in [0.25, 0.3) is 6.08 Å². The Balaban J connectivity index is 1.72. The number of benzene rings is 2. The lowest BCUT2D eigenvalue weighted by Crippen LogP contribution is -2.42. The molecule has 0 radical (unpaired) electrons. The molecule has 216 valence electrons. The Kier molecular flexibility index (Phi) is 9.27. The van der Waals surface area contributed by atoms with Crippen LogP contribution in [-0.2, 0) is 20.5 Å². The second-order valence-corrected chi connectivity index (χ2v) is 11.5. The van der Waals surface area contributed by atoms with Gasteiger partial charge >= 0.3 is 12.1 Å². The Morgan fingerprint density at radius 1 is 1.15 bits per heavy atom. The van der Waals surface area contributed by atoms with Crippen molar-refractivity contribution in [2.24, 2.45) is 0 Å². The summed E-state index contributed by atoms with van der Waals surface area (Å²) in [6.45, 7) is 3.79. The molecule has 1 aliphatic carbocycles. The summed E-state index contributed by atoms with van der Waals surface area (Å²) in [5.74, 6) is -0.841. The summed E-state index contributed by atoms with van der Waals surface area (Å²) in [5.41, 5.74) is 0.364. The van der Waals surface area contributed by atoms with Crippen LogP contribution in [0.3, 0.4) is 0 Å². The number of ether oxygens (including phenoxy) is 3. The van der Waals surface area contributed by atoms with Crippen molar-refractivity contribution in [3.05, 3.63) is 58.9 Å². The Morgan fingerprint density at radius 2 is 1.85 bits per heavy atom. The summed E-state index contributed by atoms with van der Waals surface area (Å²) in [6.07, 6.45) is 5.66. The molecular formula is C29H35FN2O7S. The molecule has 0 spiro atoms. The molecule has 9 nitrogen and oxygen atoms in total. The number of halogens is 1. The van der Waals surface area contributed by atoms with Gasteiger partial charge in [-0.1, -0.05) is 18.2 Å². The van der Waals surface area contributed by atoms with E-state index in [0.29, 0.717) is 38.0 Å². The maximum absolute atomic E-state index is 14.3. The second kappa shape index (κ2) is 12.5. The molecule has 0 aromatic heterocycles. The summed E-state index contributed by atoms with van der Waals surface area (Å²) < 4.78 is 44.8. The summed E-state index contributed by atoms with van der Waals surface area (Å²) >= 11 is 0. The van der Waals surface area contributed by atoms with Gasteiger partial charge in [-0.2, -0.15) is 4.31 Å². The van der Waals surface area contributed by atoms with E-state index in [1.54, 1.807) is 12.1 Å². The van der Waals surface area contributed by atoms with Gasteiger partial charge in [-0.25, -0.2) is 18.2 Å². The predicted octanol–water partition coefficient (Wildman–Crippen LogP) is 4.65. The Labute approximate surface area is 236 Å². The van der Waals surface area contributed by atoms with Gasteiger partial charge in [0, 0.05) is 19.6 Å². The fourth-order valence-electron chi connectivity index (χ4n) is 4.78. The van der Waals surface area contributed by atoms with Gasteiger partial charge in [0.15, 0.2) is 11.0 Å². The van der Waals surface area contributed by atoms with Crippen molar-refractivity contribution >= 4 is 34.8 Å². The fraction of sp³-hybridized carbons (Fsp3) is 0.448. The first kappa shape index (κ1) is 29.7. The molecule has 2 aliphatic rings. The number of nitrogens with zero attached hydrogens (tertiary/aromatic N) is 2. The number of likely N-dealkylation sites (tertiary alicyclic amines) is 1. The second-order valence-electron chi connectivity index (χ2n) is 10.2. The summed E-state index contributed by atoms with van der Waals surface area (Å²) in [4.78, 5) is 28.3. The largest absolute Gasteiger partial charge is 0.495 e. The summed E-state index contributed by atoms with van der Waals surface area (Å²) in [7, 11) is 1.52. The molecular weight excluding hydrogens is 539 g/mol. The van der Waals surface area contributed by atoms with E-state index in [0.717, 1.165) is 35.9 Å². The molecule has 1 N–H and O–H groups in total. The van der Waals surface area contributed by atoms with Crippen LogP contribution >= 0.6 is 0 Å². The van der Waals surface area contributed by atoms with E-state index < -0.39 is 34.5 Å². The molecule has 2 aromatic rings. The quantitative estimate of drug-likeness (QED) is 0.432. The number of esters is 1. The molecule has 40 heavy (non-hydrogen) atoms. The number of aliphatic hydroxyl groups is 1. The first-order valence-electron chi connectivity index (χ1n) is 13.1. The first-order chi connectivity index (χ1) is 19.1. The van der Waals surface area contributed by atoms with Crippen LogP contribution in [-0.4, -0.2) is 72.8 Å². The Hall–Kier alpha value is -3.28. The van der Waals surface area contributed by atoms with Crippen LogP contribution in [0, 0.1) is 5.82 Å². The zero-order chi connectivity index (χ0) is 29.0. The molecule has 1 saturated carbocycles. The highest BCUT2D eigenvalue weighted by Gasteiger charge is 2.36. The lowest BCUT2D eigenvalue weighted by Gasteiger charge is -2.35. The normalized spacial score (nSPS) is 17.9. The molecule has 1 heterocycles. The highest BCUT2D eigenvalue weighted by atomic mass is 32.2. The zero-order valence-electron chi connectivity index (χ0n) is 23.1. The molecule has 2 aromatic carbocycles. The number of hydrogen-bond acceptors (Lipinski definition) is 8. The van der Waals surface area contributed by atoms with Gasteiger partial charge in [-0.15, -0.1) is 0 Å². The minimum atomic E-state index is -2.25. The van der Waals surface area contributed by atoms with Crippen LogP contribution in [0.15, 0.2) is 41.3 Å². The van der Waals surface area contributed by atoms with Crippen molar-refractivity contribution in [1.82, 2.24) is 4.90 Å². The molecule has 4 rings (SSSR count). The third-order valence-corrected chi connectivity index (χ3v) is 8.68. The van der Waals surface area contributed by atoms with E-state index in [1.165, 1.54) is 32.4 Å². The van der Waals surface area contributed by atoms with E-state index in [9.17, 15) is 23.3 Å². The topological polar surface area (TPSA) is 106 Å². The summed E-state index contributed by atoms with van der Waals surface area (Å²) in [5, 5.41) is 10.2. The zero-order valence-corrected chi connectivity index (χ0v) is 24.0. The molecule has 11 heteroatoms. The SMILES string of the molecule is COC(=O)c1c(N(C(=O)OC)S(=O)c2ccc(F)cc2C=CCN2CCC(C)(O)CC2)ccc(C2CC2)c1OC. The van der Waals surface area contributed by atoms with Crippen LogP contribution < -0.4 is 9.04 Å². The minimum absolute atomic E-state index is 0.0158. The average molecular weight is 575 g/mol. The average Bonchev–Trinajstić information content (AvgIpc) is 3.78. The third kappa shape index (κ3) is 6.54. The van der Waals surface area contributed by atoms with Gasteiger partial charge in [0.25, 0.3) is 0 Å². The number of hydrogen-bond donors (Lipinski definition) is 1. The van der Waals surface area contributed by atoms with Gasteiger partial charge in [0.05, 0.1) is 37.5 Å². The van der Waals surface area contributed by atoms with Crippen molar-refractivity contribution < 1.29 is 37.5 Å². The lowest BCUT2D eigenvalue weighted by molar-refractivity contribution is -0.00242. The maximum Gasteiger partial charge on any atom is 0.426 e. The van der Waals surface area contributed by atoms with Gasteiger partial charge in [0.1, 0.15) is 17.1 Å². The van der Waals surface area contributed by atoms with Gasteiger partial charge in [-0.05, 0) is 73.9 Å². The number of anilines is 1. The first-order valence-corrected chi connectivity index (χ1v) is 14.2. The fourth-order valence-corrected chi connectivity index (χ4v) is 6.03. The highest BCUT2D eigenvalue weighted by molar-refractivity contribution is 7.87. The maximum atomic E-state index is 14.3. The lowest BCUT2D eigenvalue weighted by atomic mass is 9.94. The Morgan fingerprint density at radius 3 is 2.45 bits per heavy atom. The number of carbonyl (C=O) groups is 2. The van der Waals surface area contributed by atoms with Gasteiger partial charge in [0.2, 0.25) is 0 Å². The standard InChI is InChI=1S/C29H35FN2O7S/c1-29(35)13-16-31(17-14-29)15-5-6-20-18-21(30)9-12-24(20)40(36)32(28(34)39-4)23-11-10-22(19-7-8-19)26(37-2)25(23)27(33)38-3/h5-6,9-12,18-19,35H,7-8,13-17H2,1-4H3. The molecule has 1 unspecified atom stereocenters. The number of methoxy groups -OCH3 is 3. The van der Waals surface area contributed by atoms with E-state index in [1.807, 2.05) is 13.0 Å². The van der Waals surface area contributed by atoms with Crippen LogP contribution in [0.1, 0.15) is 60.0 Å². The van der Waals surface area contributed by atoms with E-state index in [2.05, 4.69) is 4.90 Å². The molecule has 0 bridgehead atoms. The van der Waals surface area contributed by atoms with Crippen molar-refractivity contribution in [3.8, 4) is 5.75 Å². The Bertz CT molecular complexity index is 1320. The third-order valence-electron chi connectivity index (χ3n) is 7.26. The predicted molar refractivity (Wildman–Crippen MR) is 149 cm³/mol. The molecule has 2 fully saturated rings. The van der Waals surface area contributed by atoms with E-state index in [-0.39, 0.29) is 27.8 Å². The van der Waals surface area contributed by atoms with E-state index >= 15 is 0 Å². The van der Waals surface area contributed by atoms with Gasteiger partial charge < -0.3 is 19.3 Å². The minimum Gasteiger partial charge on any atom is -0.495 e. The van der Waals surface area contributed by atoms with E-state index in [4.69, 9.17) is 14.2 Å². The van der Waals surface area contributed by atoms with Crippen molar-refractivity contribution in [2.45, 2.75) is 49.0 Å².